The van der Waals surface area contributed by atoms with Gasteiger partial charge in [-0.3, -0.25) is 9.98 Å². The number of hydrogen-bond acceptors (Lipinski definition) is 2. The molecule has 2 N–H and O–H groups in total. The van der Waals surface area contributed by atoms with Crippen LogP contribution in [0.15, 0.2) is 216 Å². The van der Waals surface area contributed by atoms with Gasteiger partial charge in [-0.15, -0.1) is 11.1 Å². The predicted octanol–water partition coefficient (Wildman–Crippen LogP) is 16.6. The fraction of sp³-hybridized carbons (Fsp3) is 0.194. The third-order valence-electron chi connectivity index (χ3n) is 13.1. The molecule has 0 unspecified atom stereocenters. The van der Waals surface area contributed by atoms with Crippen LogP contribution in [0, 0.1) is 46.6 Å². The molecule has 0 spiro atoms. The molecule has 0 aromatic heterocycles. The molecule has 0 saturated heterocycles. The Hall–Kier alpha value is -8.63. The lowest BCUT2D eigenvalue weighted by Crippen LogP contribution is -2.29. The van der Waals surface area contributed by atoms with Crippen LogP contribution < -0.4 is 10.6 Å². The molecule has 0 aliphatic rings. The molecule has 4 atom stereocenters. The Morgan fingerprint density at radius 3 is 1.00 bits per heavy atom. The van der Waals surface area contributed by atoms with Crippen LogP contribution in [0.5, 0.6) is 0 Å². The first-order valence-corrected chi connectivity index (χ1v) is 34.0. The minimum absolute atomic E-state index is 0.00957. The standard InChI is InChI=1S/C72H70N4Si2/c1-53(59-29-15-11-16-30-59)73-71(74-54(2)60-31-17-12-18-32-60)69-65(49-51-77(5,6)7)37-25-39-67(69)63-45-41-57(42-46-63)27-23-24-28-58-43-47-64(48-44-58)68-40-26-38-66(50-52-78(8,9)10)70(68)72(75-55(3)61-33-19-13-20-34-61)76-56(4)62-35-21-14-22-36-62/h11-22,25-26,29-48,53-56H,1-10H3,(H,73,74)(H,75,76)/t53-,54-,55-,56-/m1/s1. The van der Waals surface area contributed by atoms with Gasteiger partial charge in [0, 0.05) is 45.5 Å². The molecule has 8 aromatic rings. The van der Waals surface area contributed by atoms with E-state index in [-0.39, 0.29) is 24.2 Å². The van der Waals surface area contributed by atoms with Crippen LogP contribution >= 0.6 is 0 Å². The Labute approximate surface area is 467 Å². The summed E-state index contributed by atoms with van der Waals surface area (Å²) >= 11 is 0. The largest absolute Gasteiger partial charge is 0.363 e. The first-order valence-electron chi connectivity index (χ1n) is 27.0. The van der Waals surface area contributed by atoms with Crippen molar-refractivity contribution in [3.8, 4) is 68.9 Å². The predicted molar refractivity (Wildman–Crippen MR) is 337 cm³/mol. The molecule has 386 valence electrons. The minimum atomic E-state index is -1.73. The summed E-state index contributed by atoms with van der Waals surface area (Å²) in [6.07, 6.45) is 0. The SMILES string of the molecule is C[C@@H](N=C(N[C@H](C)c1ccccc1)c1c(C#C[Si](C)(C)C)cccc1-c1ccc(C#CC#Cc2ccc(-c3cccc(C#C[Si](C)(C)C)c3C(=N[C@H](C)c3ccccc3)N[C@H](C)c3ccccc3)cc2)cc1)c1ccccc1. The molecule has 6 heteroatoms. The van der Waals surface area contributed by atoms with Gasteiger partial charge in [-0.2, -0.15) is 0 Å². The quantitative estimate of drug-likeness (QED) is 0.0554. The van der Waals surface area contributed by atoms with E-state index < -0.39 is 16.1 Å². The second kappa shape index (κ2) is 25.9. The summed E-state index contributed by atoms with van der Waals surface area (Å²) in [6.45, 7) is 22.4. The van der Waals surface area contributed by atoms with Crippen LogP contribution in [-0.4, -0.2) is 27.8 Å². The number of benzene rings is 8. The van der Waals surface area contributed by atoms with Gasteiger partial charge < -0.3 is 10.6 Å². The van der Waals surface area contributed by atoms with E-state index in [0.29, 0.717) is 0 Å². The second-order valence-corrected chi connectivity index (χ2v) is 31.3. The molecule has 0 fully saturated rings. The van der Waals surface area contributed by atoms with Crippen molar-refractivity contribution in [2.45, 2.75) is 91.1 Å². The van der Waals surface area contributed by atoms with Crippen molar-refractivity contribution in [3.05, 3.63) is 262 Å². The average Bonchev–Trinajstić information content (AvgIpc) is 3.53. The monoisotopic (exact) mass is 1050 g/mol. The lowest BCUT2D eigenvalue weighted by molar-refractivity contribution is 0.703. The lowest BCUT2D eigenvalue weighted by atomic mass is 9.93. The van der Waals surface area contributed by atoms with Gasteiger partial charge in [0.1, 0.15) is 27.8 Å². The van der Waals surface area contributed by atoms with E-state index in [4.69, 9.17) is 9.98 Å². The highest BCUT2D eigenvalue weighted by Crippen LogP contribution is 2.32. The molecule has 4 nitrogen and oxygen atoms in total. The molecular weight excluding hydrogens is 977 g/mol. The van der Waals surface area contributed by atoms with E-state index in [1.165, 1.54) is 11.1 Å². The summed E-state index contributed by atoms with van der Waals surface area (Å²) in [6, 6.07) is 71.4. The molecule has 0 aliphatic carbocycles. The van der Waals surface area contributed by atoms with Crippen LogP contribution in [0.1, 0.15) is 107 Å². The normalized spacial score (nSPS) is 13.1. The van der Waals surface area contributed by atoms with Crippen molar-refractivity contribution < 1.29 is 0 Å². The maximum Gasteiger partial charge on any atom is 0.131 e. The second-order valence-electron chi connectivity index (χ2n) is 21.8. The molecule has 0 amide bonds. The van der Waals surface area contributed by atoms with Crippen molar-refractivity contribution in [2.75, 3.05) is 0 Å². The van der Waals surface area contributed by atoms with Gasteiger partial charge in [0.25, 0.3) is 0 Å². The topological polar surface area (TPSA) is 48.8 Å². The first kappa shape index (κ1) is 55.6. The zero-order valence-corrected chi connectivity index (χ0v) is 48.8. The van der Waals surface area contributed by atoms with Crippen LogP contribution in [0.3, 0.4) is 0 Å². The average molecular weight is 1050 g/mol. The Morgan fingerprint density at radius 1 is 0.359 bits per heavy atom. The maximum atomic E-state index is 5.45. The van der Waals surface area contributed by atoms with Gasteiger partial charge in [-0.1, -0.05) is 233 Å². The van der Waals surface area contributed by atoms with Gasteiger partial charge in [0.2, 0.25) is 0 Å². The molecule has 8 aromatic carbocycles. The number of hydrogen-bond donors (Lipinski definition) is 2. The zero-order chi connectivity index (χ0) is 55.1. The molecule has 0 radical (unpaired) electrons. The van der Waals surface area contributed by atoms with Gasteiger partial charge in [0.05, 0.1) is 12.1 Å². The van der Waals surface area contributed by atoms with Crippen LogP contribution in [0.4, 0.5) is 0 Å². The summed E-state index contributed by atoms with van der Waals surface area (Å²) in [5, 5.41) is 7.71. The Kier molecular flexibility index (Phi) is 18.5. The minimum Gasteiger partial charge on any atom is -0.363 e. The Morgan fingerprint density at radius 2 is 0.679 bits per heavy atom. The Bertz CT molecular complexity index is 3390. The number of nitrogens with zero attached hydrogens (tertiary/aromatic N) is 2. The van der Waals surface area contributed by atoms with Gasteiger partial charge in [0.15, 0.2) is 0 Å². The fourth-order valence-electron chi connectivity index (χ4n) is 8.89. The third-order valence-corrected chi connectivity index (χ3v) is 14.9. The molecule has 8 rings (SSSR count). The summed E-state index contributed by atoms with van der Waals surface area (Å²) < 4.78 is 0. The smallest absolute Gasteiger partial charge is 0.131 e. The lowest BCUT2D eigenvalue weighted by Gasteiger charge is -2.23. The summed E-state index contributed by atoms with van der Waals surface area (Å²) in [7, 11) is -3.45. The van der Waals surface area contributed by atoms with Gasteiger partial charge in [-0.05, 0) is 120 Å². The van der Waals surface area contributed by atoms with Crippen molar-refractivity contribution in [3.63, 3.8) is 0 Å². The highest BCUT2D eigenvalue weighted by molar-refractivity contribution is 6.84. The fourth-order valence-corrected chi connectivity index (χ4v) is 9.91. The summed E-state index contributed by atoms with van der Waals surface area (Å²) in [4.78, 5) is 10.9. The Balaban J connectivity index is 1.10. The molecule has 0 aliphatic heterocycles. The molecular formula is C72H70N4Si2. The van der Waals surface area contributed by atoms with E-state index >= 15 is 0 Å². The summed E-state index contributed by atoms with van der Waals surface area (Å²) in [5.41, 5.74) is 21.8. The van der Waals surface area contributed by atoms with E-state index in [9.17, 15) is 0 Å². The number of aliphatic imine (C=N–C) groups is 2. The van der Waals surface area contributed by atoms with Gasteiger partial charge in [-0.25, -0.2) is 0 Å². The molecule has 0 bridgehead atoms. The van der Waals surface area contributed by atoms with E-state index in [0.717, 1.165) is 78.4 Å². The summed E-state index contributed by atoms with van der Waals surface area (Å²) in [5.74, 6) is 21.7. The van der Waals surface area contributed by atoms with E-state index in [1.54, 1.807) is 0 Å². The molecule has 0 saturated carbocycles. The number of rotatable bonds is 12. The van der Waals surface area contributed by atoms with Crippen molar-refractivity contribution >= 4 is 27.8 Å². The van der Waals surface area contributed by atoms with E-state index in [2.05, 4.69) is 318 Å². The first-order chi connectivity index (χ1) is 37.6. The maximum absolute atomic E-state index is 5.45. The van der Waals surface area contributed by atoms with Gasteiger partial charge >= 0.3 is 0 Å². The molecule has 78 heavy (non-hydrogen) atoms. The highest BCUT2D eigenvalue weighted by Gasteiger charge is 2.22. The third kappa shape index (κ3) is 15.5. The van der Waals surface area contributed by atoms with Crippen LogP contribution in [0.25, 0.3) is 22.3 Å². The van der Waals surface area contributed by atoms with Crippen molar-refractivity contribution in [2.24, 2.45) is 9.98 Å². The number of nitrogens with one attached hydrogen (secondary N) is 2. The number of amidine groups is 2. The van der Waals surface area contributed by atoms with E-state index in [1.807, 2.05) is 12.1 Å². The zero-order valence-electron chi connectivity index (χ0n) is 46.8. The van der Waals surface area contributed by atoms with Crippen molar-refractivity contribution in [1.29, 1.82) is 0 Å². The van der Waals surface area contributed by atoms with Crippen molar-refractivity contribution in [1.82, 2.24) is 10.6 Å². The highest BCUT2D eigenvalue weighted by atomic mass is 28.3. The van der Waals surface area contributed by atoms with Crippen LogP contribution in [0.2, 0.25) is 39.3 Å². The van der Waals surface area contributed by atoms with Crippen LogP contribution in [-0.2, 0) is 0 Å². The molecule has 0 heterocycles.